The summed E-state index contributed by atoms with van der Waals surface area (Å²) in [4.78, 5) is 9.93. The Kier molecular flexibility index (Phi) is 2.59. The first-order valence-corrected chi connectivity index (χ1v) is 3.65. The summed E-state index contributed by atoms with van der Waals surface area (Å²) in [5.74, 6) is 0. The molecule has 0 atom stereocenters. The summed E-state index contributed by atoms with van der Waals surface area (Å²) in [5, 5.41) is 20.2. The van der Waals surface area contributed by atoms with Gasteiger partial charge >= 0.3 is 0 Å². The third-order valence-corrected chi connectivity index (χ3v) is 1.67. The zero-order valence-electron chi connectivity index (χ0n) is 7.07. The first-order chi connectivity index (χ1) is 6.19. The second kappa shape index (κ2) is 3.66. The maximum absolute atomic E-state index is 10.4. The quantitative estimate of drug-likeness (QED) is 0.420. The molecular formula is C8H9N3O2. The molecule has 5 heteroatoms. The molecule has 1 aromatic carbocycles. The molecule has 1 rings (SSSR count). The van der Waals surface area contributed by atoms with E-state index >= 15 is 0 Å². The molecule has 0 aliphatic heterocycles. The summed E-state index contributed by atoms with van der Waals surface area (Å²) in [6.45, 7) is 0. The monoisotopic (exact) mass is 179 g/mol. The Morgan fingerprint density at radius 3 is 2.77 bits per heavy atom. The van der Waals surface area contributed by atoms with Crippen LogP contribution in [-0.4, -0.2) is 18.2 Å². The van der Waals surface area contributed by atoms with Crippen LogP contribution in [0.15, 0.2) is 18.2 Å². The van der Waals surface area contributed by atoms with Gasteiger partial charge in [-0.05, 0) is 6.07 Å². The first-order valence-electron chi connectivity index (χ1n) is 3.65. The third-order valence-electron chi connectivity index (χ3n) is 1.67. The molecule has 5 nitrogen and oxygen atoms in total. The molecule has 0 spiro atoms. The van der Waals surface area contributed by atoms with Crippen LogP contribution in [0.5, 0.6) is 0 Å². The predicted molar refractivity (Wildman–Crippen MR) is 50.5 cm³/mol. The molecule has 0 saturated heterocycles. The Morgan fingerprint density at radius 1 is 1.62 bits per heavy atom. The van der Waals surface area contributed by atoms with Gasteiger partial charge in [0.25, 0.3) is 5.69 Å². The highest BCUT2D eigenvalue weighted by Gasteiger charge is 2.07. The van der Waals surface area contributed by atoms with E-state index in [4.69, 9.17) is 5.41 Å². The van der Waals surface area contributed by atoms with Crippen LogP contribution in [0.3, 0.4) is 0 Å². The van der Waals surface area contributed by atoms with Crippen LogP contribution in [0, 0.1) is 15.5 Å². The average Bonchev–Trinajstić information content (AvgIpc) is 2.16. The van der Waals surface area contributed by atoms with E-state index < -0.39 is 4.92 Å². The fraction of sp³-hybridized carbons (Fsp3) is 0.125. The molecule has 13 heavy (non-hydrogen) atoms. The van der Waals surface area contributed by atoms with Crippen LogP contribution < -0.4 is 5.32 Å². The van der Waals surface area contributed by atoms with E-state index in [0.29, 0.717) is 11.3 Å². The minimum absolute atomic E-state index is 0.0231. The molecule has 0 aliphatic carbocycles. The van der Waals surface area contributed by atoms with Gasteiger partial charge in [-0.3, -0.25) is 10.1 Å². The lowest BCUT2D eigenvalue weighted by Crippen LogP contribution is -1.96. The number of nitrogens with zero attached hydrogens (tertiary/aromatic N) is 1. The molecule has 1 aromatic rings. The second-order valence-corrected chi connectivity index (χ2v) is 2.42. The Hall–Kier alpha value is -1.91. The number of benzene rings is 1. The highest BCUT2D eigenvalue weighted by atomic mass is 16.6. The van der Waals surface area contributed by atoms with Gasteiger partial charge in [-0.15, -0.1) is 0 Å². The van der Waals surface area contributed by atoms with Crippen molar-refractivity contribution in [3.63, 3.8) is 0 Å². The molecule has 68 valence electrons. The van der Waals surface area contributed by atoms with Crippen molar-refractivity contribution in [1.29, 1.82) is 5.41 Å². The predicted octanol–water partition coefficient (Wildman–Crippen LogP) is 1.63. The maximum Gasteiger partial charge on any atom is 0.271 e. The Labute approximate surface area is 75.0 Å². The highest BCUT2D eigenvalue weighted by Crippen LogP contribution is 2.20. The molecule has 0 radical (unpaired) electrons. The van der Waals surface area contributed by atoms with Gasteiger partial charge in [0.15, 0.2) is 0 Å². The van der Waals surface area contributed by atoms with Crippen LogP contribution >= 0.6 is 0 Å². The van der Waals surface area contributed by atoms with Crippen molar-refractivity contribution < 1.29 is 4.92 Å². The van der Waals surface area contributed by atoms with Gasteiger partial charge in [-0.25, -0.2) is 0 Å². The van der Waals surface area contributed by atoms with Crippen LogP contribution in [0.25, 0.3) is 0 Å². The lowest BCUT2D eigenvalue weighted by atomic mass is 10.2. The van der Waals surface area contributed by atoms with E-state index in [2.05, 4.69) is 5.32 Å². The van der Waals surface area contributed by atoms with Gasteiger partial charge < -0.3 is 10.7 Å². The number of nitro benzene ring substituents is 1. The van der Waals surface area contributed by atoms with Gasteiger partial charge in [-0.1, -0.05) is 0 Å². The van der Waals surface area contributed by atoms with Crippen LogP contribution in [0.4, 0.5) is 11.4 Å². The van der Waals surface area contributed by atoms with E-state index in [1.165, 1.54) is 18.2 Å². The van der Waals surface area contributed by atoms with Crippen molar-refractivity contribution in [3.05, 3.63) is 33.9 Å². The molecule has 0 fully saturated rings. The minimum Gasteiger partial charge on any atom is -0.387 e. The van der Waals surface area contributed by atoms with E-state index in [1.54, 1.807) is 7.05 Å². The minimum atomic E-state index is -0.464. The van der Waals surface area contributed by atoms with Crippen molar-refractivity contribution in [2.45, 2.75) is 0 Å². The van der Waals surface area contributed by atoms with Crippen molar-refractivity contribution >= 4 is 17.6 Å². The smallest absolute Gasteiger partial charge is 0.271 e. The molecule has 0 heterocycles. The van der Waals surface area contributed by atoms with Gasteiger partial charge in [0.05, 0.1) is 4.92 Å². The van der Waals surface area contributed by atoms with E-state index in [0.717, 1.165) is 6.21 Å². The van der Waals surface area contributed by atoms with E-state index in [-0.39, 0.29) is 5.69 Å². The molecule has 0 aliphatic rings. The molecule has 0 aromatic heterocycles. The van der Waals surface area contributed by atoms with Crippen molar-refractivity contribution in [3.8, 4) is 0 Å². The molecule has 0 amide bonds. The number of hydrogen-bond donors (Lipinski definition) is 2. The van der Waals surface area contributed by atoms with Gasteiger partial charge in [0, 0.05) is 36.6 Å². The summed E-state index contributed by atoms with van der Waals surface area (Å²) in [6, 6.07) is 4.32. The van der Waals surface area contributed by atoms with Crippen LogP contribution in [0.2, 0.25) is 0 Å². The maximum atomic E-state index is 10.4. The molecule has 0 bridgehead atoms. The Balaban J connectivity index is 3.20. The summed E-state index contributed by atoms with van der Waals surface area (Å²) in [6.07, 6.45) is 1.15. The fourth-order valence-electron chi connectivity index (χ4n) is 1.00. The highest BCUT2D eigenvalue weighted by molar-refractivity contribution is 5.86. The number of nitro groups is 1. The second-order valence-electron chi connectivity index (χ2n) is 2.42. The number of hydrogen-bond acceptors (Lipinski definition) is 4. The molecular weight excluding hydrogens is 170 g/mol. The third kappa shape index (κ3) is 1.81. The van der Waals surface area contributed by atoms with Crippen molar-refractivity contribution in [2.75, 3.05) is 12.4 Å². The van der Waals surface area contributed by atoms with Gasteiger partial charge in [0.2, 0.25) is 0 Å². The summed E-state index contributed by atoms with van der Waals surface area (Å²) >= 11 is 0. The standard InChI is InChI=1S/C8H9N3O2/c1-10-8-4-7(11(12)13)3-2-6(8)5-9/h2-5,9-10H,1H3. The Bertz CT molecular complexity index is 349. The lowest BCUT2D eigenvalue weighted by molar-refractivity contribution is -0.384. The average molecular weight is 179 g/mol. The Morgan fingerprint density at radius 2 is 2.31 bits per heavy atom. The number of non-ortho nitro benzene ring substituents is 1. The largest absolute Gasteiger partial charge is 0.387 e. The summed E-state index contributed by atoms with van der Waals surface area (Å²) in [5.41, 5.74) is 1.24. The van der Waals surface area contributed by atoms with E-state index in [1.807, 2.05) is 0 Å². The molecule has 0 saturated carbocycles. The van der Waals surface area contributed by atoms with Crippen LogP contribution in [0.1, 0.15) is 5.56 Å². The first kappa shape index (κ1) is 9.18. The fourth-order valence-corrected chi connectivity index (χ4v) is 1.00. The molecule has 2 N–H and O–H groups in total. The van der Waals surface area contributed by atoms with Gasteiger partial charge in [-0.2, -0.15) is 0 Å². The normalized spacial score (nSPS) is 9.31. The summed E-state index contributed by atoms with van der Waals surface area (Å²) < 4.78 is 0. The number of rotatable bonds is 3. The van der Waals surface area contributed by atoms with E-state index in [9.17, 15) is 10.1 Å². The molecule has 0 unspecified atom stereocenters. The SMILES string of the molecule is CNc1cc([N+](=O)[O-])ccc1C=N. The van der Waals surface area contributed by atoms with Crippen LogP contribution in [-0.2, 0) is 0 Å². The summed E-state index contributed by atoms with van der Waals surface area (Å²) in [7, 11) is 1.66. The van der Waals surface area contributed by atoms with Crippen molar-refractivity contribution in [2.24, 2.45) is 0 Å². The van der Waals surface area contributed by atoms with Gasteiger partial charge in [0.1, 0.15) is 0 Å². The lowest BCUT2D eigenvalue weighted by Gasteiger charge is -2.03. The zero-order chi connectivity index (χ0) is 9.84. The topological polar surface area (TPSA) is 79.0 Å². The number of anilines is 1. The zero-order valence-corrected chi connectivity index (χ0v) is 7.07. The number of nitrogens with one attached hydrogen (secondary N) is 2. The van der Waals surface area contributed by atoms with Crippen molar-refractivity contribution in [1.82, 2.24) is 0 Å².